The van der Waals surface area contributed by atoms with Crippen LogP contribution in [0.4, 0.5) is 0 Å². The molecule has 1 aromatic rings. The molecular formula is C12H19N. The van der Waals surface area contributed by atoms with Crippen LogP contribution in [0.25, 0.3) is 12.2 Å². The number of hydrogen-bond acceptors (Lipinski definition) is 0. The number of rotatable bonds is 1. The van der Waals surface area contributed by atoms with Gasteiger partial charge in [0.2, 0.25) is 0 Å². The number of hydrogen-bond donors (Lipinski definition) is 1. The minimum Gasteiger partial charge on any atom is -0.359 e. The fraction of sp³-hybridized carbons (Fsp3) is 0.333. The zero-order valence-corrected chi connectivity index (χ0v) is 9.02. The van der Waals surface area contributed by atoms with Gasteiger partial charge in [-0.3, -0.25) is 0 Å². The van der Waals surface area contributed by atoms with E-state index in [1.807, 2.05) is 33.8 Å². The van der Waals surface area contributed by atoms with Gasteiger partial charge in [0.1, 0.15) is 0 Å². The van der Waals surface area contributed by atoms with Crippen LogP contribution in [0.5, 0.6) is 0 Å². The van der Waals surface area contributed by atoms with E-state index in [9.17, 15) is 0 Å². The smallest absolute Gasteiger partial charge is 0.0452 e. The third-order valence-electron chi connectivity index (χ3n) is 1.61. The van der Waals surface area contributed by atoms with Crippen LogP contribution in [-0.4, -0.2) is 4.98 Å². The summed E-state index contributed by atoms with van der Waals surface area (Å²) in [5.41, 5.74) is 1.19. The molecule has 13 heavy (non-hydrogen) atoms. The number of aryl methyl sites for hydroxylation is 1. The molecule has 0 aliphatic rings. The standard InChI is InChI=1S/C10H13N.C2H6/c1-4-6-10-9(5-2)7-8(3)11-10;1-2/h4-7,11H,1H2,2-3H3;1-2H3/b9-5-,10-6+;. The van der Waals surface area contributed by atoms with Crippen molar-refractivity contribution in [1.82, 2.24) is 4.98 Å². The van der Waals surface area contributed by atoms with Gasteiger partial charge in [0, 0.05) is 11.0 Å². The van der Waals surface area contributed by atoms with Gasteiger partial charge >= 0.3 is 0 Å². The van der Waals surface area contributed by atoms with Crippen LogP contribution in [0.3, 0.4) is 0 Å². The summed E-state index contributed by atoms with van der Waals surface area (Å²) in [6.07, 6.45) is 5.85. The maximum absolute atomic E-state index is 3.65. The molecule has 0 unspecified atom stereocenters. The van der Waals surface area contributed by atoms with Crippen molar-refractivity contribution in [3.05, 3.63) is 35.0 Å². The summed E-state index contributed by atoms with van der Waals surface area (Å²) in [5, 5.41) is 2.38. The summed E-state index contributed by atoms with van der Waals surface area (Å²) in [7, 11) is 0. The van der Waals surface area contributed by atoms with Gasteiger partial charge in [0.05, 0.1) is 0 Å². The molecule has 0 aliphatic heterocycles. The highest BCUT2D eigenvalue weighted by Crippen LogP contribution is 1.79. The second-order valence-electron chi connectivity index (χ2n) is 2.51. The van der Waals surface area contributed by atoms with E-state index in [0.29, 0.717) is 0 Å². The Morgan fingerprint density at radius 2 is 2.00 bits per heavy atom. The van der Waals surface area contributed by atoms with E-state index in [0.717, 1.165) is 5.35 Å². The van der Waals surface area contributed by atoms with Gasteiger partial charge in [0.25, 0.3) is 0 Å². The zero-order valence-electron chi connectivity index (χ0n) is 9.02. The van der Waals surface area contributed by atoms with E-state index >= 15 is 0 Å². The Bertz CT molecular complexity index is 355. The summed E-state index contributed by atoms with van der Waals surface area (Å²) >= 11 is 0. The second kappa shape index (κ2) is 6.30. The first-order valence-corrected chi connectivity index (χ1v) is 4.72. The van der Waals surface area contributed by atoms with Crippen LogP contribution in [0.15, 0.2) is 18.7 Å². The fourth-order valence-electron chi connectivity index (χ4n) is 1.13. The minimum atomic E-state index is 1.14. The number of allylic oxidation sites excluding steroid dienone is 1. The Kier molecular flexibility index (Phi) is 5.69. The Morgan fingerprint density at radius 1 is 1.38 bits per heavy atom. The molecule has 1 heterocycles. The van der Waals surface area contributed by atoms with Gasteiger partial charge in [-0.1, -0.05) is 32.6 Å². The third kappa shape index (κ3) is 3.32. The molecule has 0 spiro atoms. The molecule has 0 fully saturated rings. The van der Waals surface area contributed by atoms with Crippen LogP contribution in [0.1, 0.15) is 26.5 Å². The van der Waals surface area contributed by atoms with Crippen LogP contribution in [0.2, 0.25) is 0 Å². The SMILES string of the molecule is C=C/C=c1/[nH]c(C)c/c1=C/C.CC. The molecule has 1 N–H and O–H groups in total. The molecule has 0 amide bonds. The number of aromatic amines is 1. The largest absolute Gasteiger partial charge is 0.359 e. The third-order valence-corrected chi connectivity index (χ3v) is 1.61. The average Bonchev–Trinajstić information content (AvgIpc) is 2.50. The lowest BCUT2D eigenvalue weighted by Crippen LogP contribution is -2.20. The molecule has 0 aliphatic carbocycles. The topological polar surface area (TPSA) is 15.8 Å². The number of aromatic nitrogens is 1. The molecule has 1 heteroatoms. The Labute approximate surface area is 80.5 Å². The Balaban J connectivity index is 0.000000671. The fourth-order valence-corrected chi connectivity index (χ4v) is 1.13. The summed E-state index contributed by atoms with van der Waals surface area (Å²) in [6.45, 7) is 11.7. The van der Waals surface area contributed by atoms with Gasteiger partial charge < -0.3 is 4.98 Å². The van der Waals surface area contributed by atoms with Crippen molar-refractivity contribution >= 4 is 12.2 Å². The second-order valence-corrected chi connectivity index (χ2v) is 2.51. The monoisotopic (exact) mass is 177 g/mol. The molecule has 0 aromatic carbocycles. The number of H-pyrrole nitrogens is 1. The summed E-state index contributed by atoms with van der Waals surface area (Å²) in [6, 6.07) is 2.12. The highest BCUT2D eigenvalue weighted by molar-refractivity contribution is 5.36. The summed E-state index contributed by atoms with van der Waals surface area (Å²) in [5.74, 6) is 0. The van der Waals surface area contributed by atoms with Gasteiger partial charge in [0.15, 0.2) is 0 Å². The molecule has 1 nitrogen and oxygen atoms in total. The lowest BCUT2D eigenvalue weighted by Gasteiger charge is -1.76. The van der Waals surface area contributed by atoms with Crippen molar-refractivity contribution in [2.24, 2.45) is 0 Å². The van der Waals surface area contributed by atoms with Gasteiger partial charge in [-0.05, 0) is 31.2 Å². The van der Waals surface area contributed by atoms with Crippen molar-refractivity contribution in [2.45, 2.75) is 27.7 Å². The van der Waals surface area contributed by atoms with Gasteiger partial charge in [-0.15, -0.1) is 0 Å². The van der Waals surface area contributed by atoms with Crippen molar-refractivity contribution < 1.29 is 0 Å². The maximum Gasteiger partial charge on any atom is 0.0452 e. The highest BCUT2D eigenvalue weighted by Gasteiger charge is 1.86. The number of nitrogens with one attached hydrogen (secondary N) is 1. The molecule has 1 rings (SSSR count). The molecule has 0 saturated heterocycles. The van der Waals surface area contributed by atoms with Gasteiger partial charge in [-0.25, -0.2) is 0 Å². The molecule has 72 valence electrons. The Morgan fingerprint density at radius 3 is 2.46 bits per heavy atom. The quantitative estimate of drug-likeness (QED) is 0.676. The zero-order chi connectivity index (χ0) is 10.3. The van der Waals surface area contributed by atoms with Crippen LogP contribution < -0.4 is 10.6 Å². The predicted molar refractivity (Wildman–Crippen MR) is 60.9 cm³/mol. The Hall–Kier alpha value is -1.24. The maximum atomic E-state index is 3.65. The van der Waals surface area contributed by atoms with E-state index in [-0.39, 0.29) is 0 Å². The van der Waals surface area contributed by atoms with E-state index in [4.69, 9.17) is 0 Å². The molecule has 0 saturated carbocycles. The van der Waals surface area contributed by atoms with E-state index in [2.05, 4.69) is 23.7 Å². The van der Waals surface area contributed by atoms with Gasteiger partial charge in [-0.2, -0.15) is 0 Å². The molecule has 0 bridgehead atoms. The molecule has 0 radical (unpaired) electrons. The minimum absolute atomic E-state index is 1.14. The predicted octanol–water partition coefficient (Wildman–Crippen LogP) is 2.12. The van der Waals surface area contributed by atoms with Crippen molar-refractivity contribution in [2.75, 3.05) is 0 Å². The molecule has 1 aromatic heterocycles. The van der Waals surface area contributed by atoms with Crippen molar-refractivity contribution in [3.8, 4) is 0 Å². The van der Waals surface area contributed by atoms with E-state index in [1.165, 1.54) is 10.9 Å². The van der Waals surface area contributed by atoms with Crippen LogP contribution in [-0.2, 0) is 0 Å². The highest BCUT2D eigenvalue weighted by atomic mass is 14.7. The first-order chi connectivity index (χ1) is 6.27. The molecule has 0 atom stereocenters. The van der Waals surface area contributed by atoms with Crippen LogP contribution >= 0.6 is 0 Å². The van der Waals surface area contributed by atoms with E-state index in [1.54, 1.807) is 6.08 Å². The first-order valence-electron chi connectivity index (χ1n) is 4.72. The van der Waals surface area contributed by atoms with E-state index < -0.39 is 0 Å². The average molecular weight is 177 g/mol. The van der Waals surface area contributed by atoms with Crippen LogP contribution in [0, 0.1) is 6.92 Å². The molecular weight excluding hydrogens is 158 g/mol. The summed E-state index contributed by atoms with van der Waals surface area (Å²) < 4.78 is 0. The normalized spacial score (nSPS) is 12.3. The first kappa shape index (κ1) is 11.8. The van der Waals surface area contributed by atoms with Crippen molar-refractivity contribution in [3.63, 3.8) is 0 Å². The van der Waals surface area contributed by atoms with Crippen molar-refractivity contribution in [1.29, 1.82) is 0 Å². The lowest BCUT2D eigenvalue weighted by atomic mass is 10.3. The summed E-state index contributed by atoms with van der Waals surface area (Å²) in [4.78, 5) is 3.24. The lowest BCUT2D eigenvalue weighted by molar-refractivity contribution is 1.22.